The minimum absolute atomic E-state index is 0.122. The highest BCUT2D eigenvalue weighted by Crippen LogP contribution is 2.27. The van der Waals surface area contributed by atoms with E-state index in [0.29, 0.717) is 17.8 Å². The number of amides is 1. The number of fused-ring (bicyclic) bond motifs is 1. The van der Waals surface area contributed by atoms with Crippen LogP contribution in [0.15, 0.2) is 30.5 Å². The Hall–Kier alpha value is -2.21. The van der Waals surface area contributed by atoms with Crippen LogP contribution in [0.25, 0.3) is 0 Å². The fraction of sp³-hybridized carbons (Fsp3) is 0.526. The normalized spacial score (nSPS) is 26.0. The molecular formula is C19H25N5O. The number of carbonyl (C=O) groups excluding carboxylic acids is 1. The van der Waals surface area contributed by atoms with E-state index >= 15 is 0 Å². The van der Waals surface area contributed by atoms with Crippen molar-refractivity contribution in [2.75, 3.05) is 0 Å². The molecule has 0 aliphatic heterocycles. The molecule has 6 heteroatoms. The fourth-order valence-electron chi connectivity index (χ4n) is 4.01. The first kappa shape index (κ1) is 16.3. The van der Waals surface area contributed by atoms with Crippen molar-refractivity contribution in [1.29, 1.82) is 0 Å². The van der Waals surface area contributed by atoms with E-state index in [0.717, 1.165) is 44.9 Å². The summed E-state index contributed by atoms with van der Waals surface area (Å²) in [7, 11) is 0. The van der Waals surface area contributed by atoms with Gasteiger partial charge in [0.05, 0.1) is 12.2 Å². The molecule has 0 saturated heterocycles. The summed E-state index contributed by atoms with van der Waals surface area (Å²) in [5.41, 5.74) is 9.10. The first-order valence-corrected chi connectivity index (χ1v) is 9.24. The number of hydrogen-bond acceptors (Lipinski definition) is 4. The van der Waals surface area contributed by atoms with Crippen molar-refractivity contribution in [3.05, 3.63) is 47.3 Å². The van der Waals surface area contributed by atoms with E-state index < -0.39 is 0 Å². The molecule has 0 unspecified atom stereocenters. The second-order valence-electron chi connectivity index (χ2n) is 7.33. The summed E-state index contributed by atoms with van der Waals surface area (Å²) in [6.45, 7) is 0. The van der Waals surface area contributed by atoms with Crippen molar-refractivity contribution in [3.8, 4) is 0 Å². The molecule has 2 aromatic rings. The second-order valence-corrected chi connectivity index (χ2v) is 7.33. The molecule has 3 N–H and O–H groups in total. The van der Waals surface area contributed by atoms with Gasteiger partial charge in [-0.3, -0.25) is 4.79 Å². The predicted molar refractivity (Wildman–Crippen MR) is 95.2 cm³/mol. The van der Waals surface area contributed by atoms with Crippen LogP contribution in [0.1, 0.15) is 59.8 Å². The lowest BCUT2D eigenvalue weighted by Gasteiger charge is -2.25. The maximum Gasteiger partial charge on any atom is 0.273 e. The summed E-state index contributed by atoms with van der Waals surface area (Å²) in [6, 6.07) is 9.25. The van der Waals surface area contributed by atoms with E-state index in [1.807, 2.05) is 4.68 Å². The number of nitrogens with one attached hydrogen (secondary N) is 1. The first-order valence-electron chi connectivity index (χ1n) is 9.24. The maximum absolute atomic E-state index is 12.5. The highest BCUT2D eigenvalue weighted by molar-refractivity contribution is 5.92. The van der Waals surface area contributed by atoms with Crippen LogP contribution in [-0.2, 0) is 12.8 Å². The van der Waals surface area contributed by atoms with Gasteiger partial charge >= 0.3 is 0 Å². The number of hydrogen-bond donors (Lipinski definition) is 2. The van der Waals surface area contributed by atoms with Crippen LogP contribution < -0.4 is 11.1 Å². The summed E-state index contributed by atoms with van der Waals surface area (Å²) in [4.78, 5) is 12.5. The third-order valence-electron chi connectivity index (χ3n) is 5.54. The van der Waals surface area contributed by atoms with Crippen molar-refractivity contribution in [1.82, 2.24) is 20.3 Å². The molecule has 1 heterocycles. The second kappa shape index (κ2) is 6.96. The van der Waals surface area contributed by atoms with Gasteiger partial charge in [0.1, 0.15) is 0 Å². The molecular weight excluding hydrogens is 314 g/mol. The van der Waals surface area contributed by atoms with Crippen molar-refractivity contribution in [2.24, 2.45) is 5.73 Å². The zero-order valence-electron chi connectivity index (χ0n) is 14.4. The van der Waals surface area contributed by atoms with Crippen LogP contribution in [0.3, 0.4) is 0 Å². The highest BCUT2D eigenvalue weighted by Gasteiger charge is 2.24. The zero-order valence-corrected chi connectivity index (χ0v) is 14.4. The minimum Gasteiger partial charge on any atom is -0.348 e. The summed E-state index contributed by atoms with van der Waals surface area (Å²) in [5.74, 6) is -0.122. The SMILES string of the molecule is NC1CCC(n2cc(C(=O)N[C@H]3CCc4ccccc4C3)nn2)CC1. The lowest BCUT2D eigenvalue weighted by atomic mass is 9.88. The lowest BCUT2D eigenvalue weighted by molar-refractivity contribution is 0.0928. The molecule has 6 nitrogen and oxygen atoms in total. The van der Waals surface area contributed by atoms with Crippen LogP contribution in [0.4, 0.5) is 0 Å². The Balaban J connectivity index is 1.37. The van der Waals surface area contributed by atoms with Gasteiger partial charge in [0.2, 0.25) is 0 Å². The Bertz CT molecular complexity index is 748. The van der Waals surface area contributed by atoms with Crippen LogP contribution in [0, 0.1) is 0 Å². The predicted octanol–water partition coefficient (Wildman–Crippen LogP) is 2.01. The van der Waals surface area contributed by atoms with Gasteiger partial charge < -0.3 is 11.1 Å². The molecule has 0 spiro atoms. The quantitative estimate of drug-likeness (QED) is 0.896. The number of aromatic nitrogens is 3. The molecule has 0 bridgehead atoms. The van der Waals surface area contributed by atoms with E-state index in [2.05, 4.69) is 39.9 Å². The van der Waals surface area contributed by atoms with Crippen LogP contribution in [-0.4, -0.2) is 33.0 Å². The highest BCUT2D eigenvalue weighted by atomic mass is 16.2. The Labute approximate surface area is 147 Å². The molecule has 1 fully saturated rings. The summed E-state index contributed by atoms with van der Waals surface area (Å²) < 4.78 is 1.84. The molecule has 1 aromatic heterocycles. The molecule has 2 aliphatic rings. The van der Waals surface area contributed by atoms with Crippen LogP contribution in [0.5, 0.6) is 0 Å². The summed E-state index contributed by atoms with van der Waals surface area (Å²) in [5, 5.41) is 11.4. The standard InChI is InChI=1S/C19H25N5O/c20-15-6-9-17(10-7-15)24-12-18(22-23-24)19(25)21-16-8-5-13-3-1-2-4-14(13)11-16/h1-4,12,15-17H,5-11,20H2,(H,21,25)/t15?,16-,17?/m0/s1. The van der Waals surface area contributed by atoms with Gasteiger partial charge in [0.15, 0.2) is 5.69 Å². The number of carbonyl (C=O) groups is 1. The molecule has 2 aliphatic carbocycles. The van der Waals surface area contributed by atoms with E-state index in [1.54, 1.807) is 6.20 Å². The molecule has 0 radical (unpaired) electrons. The van der Waals surface area contributed by atoms with Crippen molar-refractivity contribution in [2.45, 2.75) is 63.1 Å². The van der Waals surface area contributed by atoms with Gasteiger partial charge in [-0.05, 0) is 56.1 Å². The number of aryl methyl sites for hydroxylation is 1. The Morgan fingerprint density at radius 1 is 1.12 bits per heavy atom. The fourth-order valence-corrected chi connectivity index (χ4v) is 4.01. The number of nitrogens with two attached hydrogens (primary N) is 1. The van der Waals surface area contributed by atoms with Crippen molar-refractivity contribution in [3.63, 3.8) is 0 Å². The third kappa shape index (κ3) is 3.58. The van der Waals surface area contributed by atoms with E-state index in [1.165, 1.54) is 11.1 Å². The molecule has 1 atom stereocenters. The van der Waals surface area contributed by atoms with Gasteiger partial charge in [-0.1, -0.05) is 29.5 Å². The zero-order chi connectivity index (χ0) is 17.2. The largest absolute Gasteiger partial charge is 0.348 e. The smallest absolute Gasteiger partial charge is 0.273 e. The average molecular weight is 339 g/mol. The summed E-state index contributed by atoms with van der Waals surface area (Å²) >= 11 is 0. The molecule has 25 heavy (non-hydrogen) atoms. The number of nitrogens with zero attached hydrogens (tertiary/aromatic N) is 3. The van der Waals surface area contributed by atoms with E-state index in [-0.39, 0.29) is 11.9 Å². The van der Waals surface area contributed by atoms with Gasteiger partial charge in [-0.15, -0.1) is 5.10 Å². The molecule has 1 amide bonds. The molecule has 1 saturated carbocycles. The maximum atomic E-state index is 12.5. The summed E-state index contributed by atoms with van der Waals surface area (Å²) in [6.07, 6.45) is 8.68. The van der Waals surface area contributed by atoms with Crippen LogP contribution in [0.2, 0.25) is 0 Å². The number of rotatable bonds is 3. The molecule has 4 rings (SSSR count). The Morgan fingerprint density at radius 3 is 2.68 bits per heavy atom. The molecule has 1 aromatic carbocycles. The van der Waals surface area contributed by atoms with E-state index in [4.69, 9.17) is 5.73 Å². The van der Waals surface area contributed by atoms with Gasteiger partial charge in [-0.25, -0.2) is 4.68 Å². The number of benzene rings is 1. The average Bonchev–Trinajstić information content (AvgIpc) is 3.12. The Morgan fingerprint density at radius 2 is 1.88 bits per heavy atom. The van der Waals surface area contributed by atoms with Gasteiger partial charge in [0, 0.05) is 12.1 Å². The lowest BCUT2D eigenvalue weighted by Crippen LogP contribution is -2.39. The topological polar surface area (TPSA) is 85.8 Å². The van der Waals surface area contributed by atoms with Crippen LogP contribution >= 0.6 is 0 Å². The first-order chi connectivity index (χ1) is 12.2. The monoisotopic (exact) mass is 339 g/mol. The van der Waals surface area contributed by atoms with Crippen molar-refractivity contribution >= 4 is 5.91 Å². The molecule has 132 valence electrons. The van der Waals surface area contributed by atoms with E-state index in [9.17, 15) is 4.79 Å². The van der Waals surface area contributed by atoms with Gasteiger partial charge in [0.25, 0.3) is 5.91 Å². The minimum atomic E-state index is -0.122. The van der Waals surface area contributed by atoms with Crippen molar-refractivity contribution < 1.29 is 4.79 Å². The Kier molecular flexibility index (Phi) is 4.53. The third-order valence-corrected chi connectivity index (χ3v) is 5.54. The van der Waals surface area contributed by atoms with Gasteiger partial charge in [-0.2, -0.15) is 0 Å².